The molecule has 0 saturated heterocycles. The highest BCUT2D eigenvalue weighted by atomic mass is 32.2. The summed E-state index contributed by atoms with van der Waals surface area (Å²) in [7, 11) is 0. The molecular weight excluding hydrogens is 260 g/mol. The van der Waals surface area contributed by atoms with Crippen LogP contribution in [-0.4, -0.2) is 39.7 Å². The number of nitrogens with one attached hydrogen (secondary N) is 1. The second-order valence-electron chi connectivity index (χ2n) is 5.50. The molecular formula is C14H22N2O2S. The predicted octanol–water partition coefficient (Wildman–Crippen LogP) is 2.06. The van der Waals surface area contributed by atoms with Gasteiger partial charge in [-0.25, -0.2) is 0 Å². The Morgan fingerprint density at radius 2 is 2.37 bits per heavy atom. The van der Waals surface area contributed by atoms with Gasteiger partial charge < -0.3 is 15.0 Å². The predicted molar refractivity (Wildman–Crippen MR) is 78.7 cm³/mol. The monoisotopic (exact) mass is 282 g/mol. The number of aromatic nitrogens is 1. The lowest BCUT2D eigenvalue weighted by Crippen LogP contribution is -2.43. The van der Waals surface area contributed by atoms with Gasteiger partial charge in [0.05, 0.1) is 5.60 Å². The first kappa shape index (κ1) is 14.5. The molecule has 1 saturated carbocycles. The first-order valence-electron chi connectivity index (χ1n) is 6.70. The van der Waals surface area contributed by atoms with Crippen molar-refractivity contribution in [2.24, 2.45) is 0 Å². The number of thioether (sulfide) groups is 1. The standard InChI is InChI=1S/C14H22N2O2S/c1-14(18,10-19-2)9-15-13(17)12-7-4-8-16(12)11-5-3-6-11/h4,7-8,11,18H,3,5-6,9-10H2,1-2H3,(H,15,17). The van der Waals surface area contributed by atoms with Crippen LogP contribution in [0.15, 0.2) is 18.3 Å². The van der Waals surface area contributed by atoms with E-state index in [9.17, 15) is 9.90 Å². The zero-order chi connectivity index (χ0) is 13.9. The third-order valence-electron chi connectivity index (χ3n) is 3.56. The first-order valence-corrected chi connectivity index (χ1v) is 8.09. The van der Waals surface area contributed by atoms with Crippen molar-refractivity contribution in [3.8, 4) is 0 Å². The van der Waals surface area contributed by atoms with Crippen LogP contribution in [0, 0.1) is 0 Å². The van der Waals surface area contributed by atoms with E-state index in [1.165, 1.54) is 6.42 Å². The number of carbonyl (C=O) groups is 1. The van der Waals surface area contributed by atoms with Gasteiger partial charge in [0.25, 0.3) is 5.91 Å². The Balaban J connectivity index is 1.95. The minimum atomic E-state index is -0.858. The van der Waals surface area contributed by atoms with Crippen LogP contribution >= 0.6 is 11.8 Å². The molecule has 0 aromatic carbocycles. The van der Waals surface area contributed by atoms with Gasteiger partial charge in [-0.1, -0.05) is 0 Å². The Bertz CT molecular complexity index is 438. The van der Waals surface area contributed by atoms with E-state index >= 15 is 0 Å². The van der Waals surface area contributed by atoms with Gasteiger partial charge in [-0.05, 0) is 44.6 Å². The lowest BCUT2D eigenvalue weighted by Gasteiger charge is -2.29. The van der Waals surface area contributed by atoms with E-state index in [0.29, 0.717) is 17.5 Å². The van der Waals surface area contributed by atoms with E-state index < -0.39 is 5.60 Å². The molecule has 2 rings (SSSR count). The number of hydrogen-bond donors (Lipinski definition) is 2. The van der Waals surface area contributed by atoms with Crippen LogP contribution < -0.4 is 5.32 Å². The molecule has 5 heteroatoms. The van der Waals surface area contributed by atoms with Gasteiger partial charge in [0.2, 0.25) is 0 Å². The number of amides is 1. The highest BCUT2D eigenvalue weighted by Crippen LogP contribution is 2.32. The summed E-state index contributed by atoms with van der Waals surface area (Å²) in [4.78, 5) is 12.2. The van der Waals surface area contributed by atoms with E-state index in [1.54, 1.807) is 18.7 Å². The molecule has 106 valence electrons. The summed E-state index contributed by atoms with van der Waals surface area (Å²) in [5, 5.41) is 12.9. The Morgan fingerprint density at radius 3 is 2.95 bits per heavy atom. The molecule has 1 amide bonds. The fourth-order valence-electron chi connectivity index (χ4n) is 2.29. The van der Waals surface area contributed by atoms with Crippen LogP contribution in [0.3, 0.4) is 0 Å². The second kappa shape index (κ2) is 6.01. The van der Waals surface area contributed by atoms with Crippen molar-refractivity contribution in [3.63, 3.8) is 0 Å². The van der Waals surface area contributed by atoms with Gasteiger partial charge in [-0.3, -0.25) is 4.79 Å². The molecule has 0 radical (unpaired) electrons. The molecule has 1 aliphatic rings. The second-order valence-corrected chi connectivity index (χ2v) is 6.36. The highest BCUT2D eigenvalue weighted by molar-refractivity contribution is 7.98. The third kappa shape index (κ3) is 3.54. The van der Waals surface area contributed by atoms with E-state index in [4.69, 9.17) is 0 Å². The summed E-state index contributed by atoms with van der Waals surface area (Å²) in [6.07, 6.45) is 7.46. The summed E-state index contributed by atoms with van der Waals surface area (Å²) < 4.78 is 2.06. The van der Waals surface area contributed by atoms with Crippen LogP contribution in [0.25, 0.3) is 0 Å². The average Bonchev–Trinajstić information content (AvgIpc) is 2.72. The van der Waals surface area contributed by atoms with Gasteiger partial charge >= 0.3 is 0 Å². The van der Waals surface area contributed by atoms with Crippen molar-refractivity contribution in [1.82, 2.24) is 9.88 Å². The van der Waals surface area contributed by atoms with Crippen LogP contribution in [0.1, 0.15) is 42.7 Å². The van der Waals surface area contributed by atoms with Crippen LogP contribution in [-0.2, 0) is 0 Å². The van der Waals surface area contributed by atoms with E-state index in [2.05, 4.69) is 9.88 Å². The fourth-order valence-corrected chi connectivity index (χ4v) is 3.02. The van der Waals surface area contributed by atoms with E-state index in [-0.39, 0.29) is 12.5 Å². The minimum Gasteiger partial charge on any atom is -0.387 e. The lowest BCUT2D eigenvalue weighted by atomic mass is 9.93. The maximum absolute atomic E-state index is 12.2. The maximum atomic E-state index is 12.2. The maximum Gasteiger partial charge on any atom is 0.268 e. The van der Waals surface area contributed by atoms with Crippen LogP contribution in [0.5, 0.6) is 0 Å². The van der Waals surface area contributed by atoms with Crippen molar-refractivity contribution in [2.75, 3.05) is 18.6 Å². The molecule has 0 aliphatic heterocycles. The number of nitrogens with zero attached hydrogens (tertiary/aromatic N) is 1. The van der Waals surface area contributed by atoms with E-state index in [0.717, 1.165) is 12.8 Å². The van der Waals surface area contributed by atoms with E-state index in [1.807, 2.05) is 24.6 Å². The molecule has 4 nitrogen and oxygen atoms in total. The molecule has 1 unspecified atom stereocenters. The Morgan fingerprint density at radius 1 is 1.63 bits per heavy atom. The van der Waals surface area contributed by atoms with Gasteiger partial charge in [0, 0.05) is 24.5 Å². The van der Waals surface area contributed by atoms with Crippen molar-refractivity contribution in [2.45, 2.75) is 37.8 Å². The Labute approximate surface area is 118 Å². The average molecular weight is 282 g/mol. The zero-order valence-corrected chi connectivity index (χ0v) is 12.4. The SMILES string of the molecule is CSCC(C)(O)CNC(=O)c1cccn1C1CCC1. The van der Waals surface area contributed by atoms with Gasteiger partial charge in [0.1, 0.15) is 5.69 Å². The quantitative estimate of drug-likeness (QED) is 0.839. The Hall–Kier alpha value is -0.940. The normalized spacial score (nSPS) is 18.7. The summed E-state index contributed by atoms with van der Waals surface area (Å²) >= 11 is 1.57. The van der Waals surface area contributed by atoms with Crippen molar-refractivity contribution >= 4 is 17.7 Å². The van der Waals surface area contributed by atoms with Gasteiger partial charge in [0.15, 0.2) is 0 Å². The van der Waals surface area contributed by atoms with Crippen molar-refractivity contribution in [1.29, 1.82) is 0 Å². The highest BCUT2D eigenvalue weighted by Gasteiger charge is 2.25. The molecule has 19 heavy (non-hydrogen) atoms. The molecule has 1 aromatic heterocycles. The first-order chi connectivity index (χ1) is 9.03. The molecule has 1 atom stereocenters. The summed E-state index contributed by atoms with van der Waals surface area (Å²) in [5.74, 6) is 0.509. The van der Waals surface area contributed by atoms with Gasteiger partial charge in [-0.15, -0.1) is 0 Å². The molecule has 1 heterocycles. The molecule has 1 fully saturated rings. The minimum absolute atomic E-state index is 0.0988. The molecule has 1 aromatic rings. The zero-order valence-electron chi connectivity index (χ0n) is 11.6. The van der Waals surface area contributed by atoms with Crippen molar-refractivity contribution in [3.05, 3.63) is 24.0 Å². The fraction of sp³-hybridized carbons (Fsp3) is 0.643. The number of hydrogen-bond acceptors (Lipinski definition) is 3. The largest absolute Gasteiger partial charge is 0.387 e. The number of rotatable bonds is 6. The number of aliphatic hydroxyl groups is 1. The molecule has 2 N–H and O–H groups in total. The van der Waals surface area contributed by atoms with Gasteiger partial charge in [-0.2, -0.15) is 11.8 Å². The summed E-state index contributed by atoms with van der Waals surface area (Å²) in [6, 6.07) is 4.23. The third-order valence-corrected chi connectivity index (χ3v) is 4.48. The molecule has 0 spiro atoms. The summed E-state index contributed by atoms with van der Waals surface area (Å²) in [6.45, 7) is 2.03. The topological polar surface area (TPSA) is 54.3 Å². The summed E-state index contributed by atoms with van der Waals surface area (Å²) in [5.41, 5.74) is -0.159. The smallest absolute Gasteiger partial charge is 0.268 e. The Kier molecular flexibility index (Phi) is 4.58. The lowest BCUT2D eigenvalue weighted by molar-refractivity contribution is 0.0717. The van der Waals surface area contributed by atoms with Crippen LogP contribution in [0.2, 0.25) is 0 Å². The van der Waals surface area contributed by atoms with Crippen molar-refractivity contribution < 1.29 is 9.90 Å². The molecule has 0 bridgehead atoms. The molecule has 1 aliphatic carbocycles. The number of carbonyl (C=O) groups excluding carboxylic acids is 1. The van der Waals surface area contributed by atoms with Crippen LogP contribution in [0.4, 0.5) is 0 Å².